The Morgan fingerprint density at radius 1 is 0.634 bits per heavy atom. The van der Waals surface area contributed by atoms with Crippen LogP contribution in [0.2, 0.25) is 0 Å². The Labute approximate surface area is 412 Å². The van der Waals surface area contributed by atoms with Crippen LogP contribution in [0.15, 0.2) is 154 Å². The van der Waals surface area contributed by atoms with Crippen LogP contribution in [0, 0.1) is 0 Å². The van der Waals surface area contributed by atoms with Crippen molar-refractivity contribution in [3.63, 3.8) is 0 Å². The number of hydrogen-bond donors (Lipinski definition) is 0. The highest BCUT2D eigenvalue weighted by Gasteiger charge is 2.48. The molecule has 0 aromatic heterocycles. The zero-order valence-electron chi connectivity index (χ0n) is 40.1. The first-order valence-electron chi connectivity index (χ1n) is 23.2. The summed E-state index contributed by atoms with van der Waals surface area (Å²) in [5.41, 5.74) is -3.56. The molecule has 3 aliphatic rings. The second kappa shape index (κ2) is 19.8. The number of unbranched alkanes of at least 4 members (excludes halogenated alkanes) is 2. The summed E-state index contributed by atoms with van der Waals surface area (Å²) < 4.78 is 141. The number of alkyl halides is 6. The van der Waals surface area contributed by atoms with Gasteiger partial charge in [-0.15, -0.1) is 0 Å². The minimum atomic E-state index is -6.72. The molecule has 8 rings (SSSR count). The molecule has 9 nitrogen and oxygen atoms in total. The number of nitrogens with zero attached hydrogens (tertiary/aromatic N) is 3. The van der Waals surface area contributed by atoms with E-state index in [0.29, 0.717) is 22.6 Å². The molecular formula is C53H55F6N3O6S3. The predicted molar refractivity (Wildman–Crippen MR) is 269 cm³/mol. The third kappa shape index (κ3) is 10.1. The smallest absolute Gasteiger partial charge is 0.421 e. The molecule has 0 saturated heterocycles. The first-order chi connectivity index (χ1) is 33.2. The maximum absolute atomic E-state index is 14.8. The summed E-state index contributed by atoms with van der Waals surface area (Å²) in [5.74, 6) is 0. The summed E-state index contributed by atoms with van der Waals surface area (Å²) in [6.45, 7) is 15.6. The fraction of sp³-hybridized carbons (Fsp3) is 0.340. The topological polar surface area (TPSA) is 123 Å². The summed E-state index contributed by atoms with van der Waals surface area (Å²) in [6.07, 6.45) is 14.4. The molecule has 378 valence electrons. The van der Waals surface area contributed by atoms with Crippen LogP contribution < -0.4 is 4.90 Å². The van der Waals surface area contributed by atoms with E-state index in [1.54, 1.807) is 12.1 Å². The number of anilines is 1. The van der Waals surface area contributed by atoms with Crippen LogP contribution in [0.5, 0.6) is 0 Å². The molecule has 0 unspecified atom stereocenters. The number of rotatable bonds is 13. The van der Waals surface area contributed by atoms with Gasteiger partial charge in [0.1, 0.15) is 6.54 Å². The molecule has 0 saturated carbocycles. The lowest BCUT2D eigenvalue weighted by atomic mass is 9.79. The van der Waals surface area contributed by atoms with Crippen LogP contribution in [0.3, 0.4) is 0 Å². The van der Waals surface area contributed by atoms with Gasteiger partial charge in [-0.05, 0) is 102 Å². The molecule has 18 heteroatoms. The molecule has 71 heavy (non-hydrogen) atoms. The normalized spacial score (nSPS) is 18.3. The summed E-state index contributed by atoms with van der Waals surface area (Å²) >= 11 is 0. The molecule has 0 bridgehead atoms. The largest absolute Gasteiger partial charge is 0.480 e. The SMILES string of the molecule is CCCCN1C(=CC=C2CCC(C=CC3=[N+](CCCC)c4ccc5ccccc5c4C3(C)C)=C2S(=O)(=O)c2ccccc2)C(C)(C)c2c1ccc1ccccc21.O=S(=O)([N-]S(=O)(=O)C(F)(F)F)C(F)(F)F. The van der Waals surface area contributed by atoms with Gasteiger partial charge in [-0.1, -0.05) is 125 Å². The third-order valence-corrected chi connectivity index (χ3v) is 17.9. The number of allylic oxidation sites excluding steroid dienone is 7. The molecule has 0 amide bonds. The zero-order valence-corrected chi connectivity index (χ0v) is 42.5. The van der Waals surface area contributed by atoms with E-state index in [1.807, 2.05) is 18.2 Å². The van der Waals surface area contributed by atoms with Gasteiger partial charge in [0, 0.05) is 47.5 Å². The second-order valence-corrected chi connectivity index (χ2v) is 24.0. The van der Waals surface area contributed by atoms with E-state index in [0.717, 1.165) is 54.0 Å². The Bertz CT molecular complexity index is 3350. The molecule has 5 aromatic rings. The fourth-order valence-corrected chi connectivity index (χ4v) is 13.3. The van der Waals surface area contributed by atoms with Gasteiger partial charge in [0.15, 0.2) is 25.8 Å². The van der Waals surface area contributed by atoms with Crippen molar-refractivity contribution in [2.24, 2.45) is 0 Å². The van der Waals surface area contributed by atoms with E-state index in [4.69, 9.17) is 0 Å². The van der Waals surface area contributed by atoms with Crippen molar-refractivity contribution >= 4 is 68.5 Å². The van der Waals surface area contributed by atoms with E-state index >= 15 is 0 Å². The lowest BCUT2D eigenvalue weighted by Gasteiger charge is -2.27. The van der Waals surface area contributed by atoms with Crippen LogP contribution in [0.4, 0.5) is 37.7 Å². The van der Waals surface area contributed by atoms with Gasteiger partial charge >= 0.3 is 11.0 Å². The van der Waals surface area contributed by atoms with Crippen LogP contribution in [-0.2, 0) is 40.7 Å². The molecule has 0 N–H and O–H groups in total. The van der Waals surface area contributed by atoms with Gasteiger partial charge in [-0.25, -0.2) is 25.3 Å². The van der Waals surface area contributed by atoms with Gasteiger partial charge < -0.3 is 9.03 Å². The van der Waals surface area contributed by atoms with Crippen molar-refractivity contribution in [3.8, 4) is 0 Å². The number of fused-ring (bicyclic) bond motifs is 6. The van der Waals surface area contributed by atoms with E-state index < -0.39 is 40.9 Å². The van der Waals surface area contributed by atoms with Crippen LogP contribution >= 0.6 is 0 Å². The maximum Gasteiger partial charge on any atom is 0.480 e. The number of benzene rings is 5. The van der Waals surface area contributed by atoms with Gasteiger partial charge in [-0.2, -0.15) is 30.9 Å². The summed E-state index contributed by atoms with van der Waals surface area (Å²) in [4.78, 5) is 3.27. The highest BCUT2D eigenvalue weighted by molar-refractivity contribution is 8.13. The number of hydrogen-bond acceptors (Lipinski definition) is 7. The van der Waals surface area contributed by atoms with E-state index in [-0.39, 0.29) is 10.8 Å². The molecule has 2 aliphatic heterocycles. The minimum Gasteiger partial charge on any atom is -0.421 e. The number of sulfone groups is 1. The van der Waals surface area contributed by atoms with Crippen molar-refractivity contribution in [1.29, 1.82) is 0 Å². The predicted octanol–water partition coefficient (Wildman–Crippen LogP) is 13.7. The molecule has 2 heterocycles. The van der Waals surface area contributed by atoms with Gasteiger partial charge in [0.25, 0.3) is 0 Å². The van der Waals surface area contributed by atoms with Crippen LogP contribution in [0.25, 0.3) is 25.7 Å². The molecule has 0 radical (unpaired) electrons. The first-order valence-corrected chi connectivity index (χ1v) is 27.5. The molecule has 0 atom stereocenters. The van der Waals surface area contributed by atoms with Crippen molar-refractivity contribution in [2.45, 2.75) is 107 Å². The standard InChI is InChI=1S/C51H55N2O2S.C2F6NO4S2/c1-7-9-34-52-43-30-26-36-18-14-16-22-41(36)47(43)50(3,4)45(52)32-28-38-24-25-39(49(38)56(54,55)40-20-12-11-13-21-40)29-33-46-51(5,6)48-42-23-17-15-19-37(42)27-31-44(48)53(46)35-10-8-2;3-1(4,5)14(10,11)9-15(12,13)2(6,7)8/h11-23,26-33H,7-10,24-25,34-35H2,1-6H3;/q+1;-1. The summed E-state index contributed by atoms with van der Waals surface area (Å²) in [7, 11) is -17.3. The van der Waals surface area contributed by atoms with Crippen molar-refractivity contribution in [3.05, 3.63) is 164 Å². The minimum absolute atomic E-state index is 0.268. The Kier molecular flexibility index (Phi) is 14.9. The first kappa shape index (κ1) is 53.2. The van der Waals surface area contributed by atoms with Crippen molar-refractivity contribution < 1.29 is 56.2 Å². The Balaban J connectivity index is 0.000000428. The Morgan fingerprint density at radius 3 is 1.76 bits per heavy atom. The van der Waals surface area contributed by atoms with Gasteiger partial charge in [0.2, 0.25) is 15.5 Å². The zero-order chi connectivity index (χ0) is 52.0. The number of sulfonamides is 2. The van der Waals surface area contributed by atoms with E-state index in [9.17, 15) is 51.6 Å². The van der Waals surface area contributed by atoms with Crippen LogP contribution in [-0.4, -0.2) is 59.6 Å². The van der Waals surface area contributed by atoms with Gasteiger partial charge in [-0.3, -0.25) is 0 Å². The van der Waals surface area contributed by atoms with Crippen LogP contribution in [0.1, 0.15) is 91.2 Å². The van der Waals surface area contributed by atoms with Crippen molar-refractivity contribution in [1.82, 2.24) is 0 Å². The molecular weight excluding hydrogens is 985 g/mol. The Hall–Kier alpha value is -5.56. The average molecular weight is 1040 g/mol. The number of halogens is 6. The molecule has 0 fully saturated rings. The monoisotopic (exact) mass is 1040 g/mol. The second-order valence-electron chi connectivity index (χ2n) is 18.7. The fourth-order valence-electron chi connectivity index (χ4n) is 9.84. The Morgan fingerprint density at radius 2 is 1.18 bits per heavy atom. The quantitative estimate of drug-likeness (QED) is 0.0850. The van der Waals surface area contributed by atoms with Crippen molar-refractivity contribution in [2.75, 3.05) is 18.0 Å². The molecule has 1 aliphatic carbocycles. The average Bonchev–Trinajstić information content (AvgIpc) is 3.89. The van der Waals surface area contributed by atoms with E-state index in [2.05, 4.69) is 148 Å². The molecule has 5 aromatic carbocycles. The van der Waals surface area contributed by atoms with Gasteiger partial charge in [0.05, 0.1) is 15.2 Å². The lowest BCUT2D eigenvalue weighted by molar-refractivity contribution is -0.438. The maximum atomic E-state index is 14.8. The van der Waals surface area contributed by atoms with E-state index in [1.165, 1.54) is 55.5 Å². The highest BCUT2D eigenvalue weighted by atomic mass is 32.3. The molecule has 0 spiro atoms. The third-order valence-electron chi connectivity index (χ3n) is 13.2. The summed E-state index contributed by atoms with van der Waals surface area (Å²) in [5, 5.41) is 5.05. The highest BCUT2D eigenvalue weighted by Crippen LogP contribution is 2.52. The lowest BCUT2D eigenvalue weighted by Crippen LogP contribution is -2.30. The summed E-state index contributed by atoms with van der Waals surface area (Å²) in [6, 6.07) is 35.4.